The highest BCUT2D eigenvalue weighted by Gasteiger charge is 2.27. The lowest BCUT2D eigenvalue weighted by Gasteiger charge is -2.36. The Hall–Kier alpha value is -0.320. The van der Waals surface area contributed by atoms with Crippen molar-refractivity contribution in [2.24, 2.45) is 0 Å². The van der Waals surface area contributed by atoms with Gasteiger partial charge in [0.25, 0.3) is 0 Å². The maximum atomic E-state index is 6.15. The van der Waals surface area contributed by atoms with Gasteiger partial charge in [-0.25, -0.2) is 0 Å². The summed E-state index contributed by atoms with van der Waals surface area (Å²) in [5, 5.41) is 4.75. The van der Waals surface area contributed by atoms with Crippen molar-refractivity contribution in [2.45, 2.75) is 25.5 Å². The standard InChI is InChI=1S/C15H22Cl2N2O/c1-3-6-18-15(14-10-19(2)7-8-20-14)11-4-5-12(16)13(17)9-11/h4-5,9,14-15,18H,3,6-8,10H2,1-2H3. The SMILES string of the molecule is CCCNC(c1ccc(Cl)c(Cl)c1)C1CN(C)CCO1. The van der Waals surface area contributed by atoms with Crippen LogP contribution < -0.4 is 5.32 Å². The Morgan fingerprint density at radius 3 is 2.85 bits per heavy atom. The highest BCUT2D eigenvalue weighted by Crippen LogP contribution is 2.28. The molecule has 1 aromatic rings. The first kappa shape index (κ1) is 16.1. The zero-order valence-electron chi connectivity index (χ0n) is 12.0. The normalized spacial score (nSPS) is 21.9. The van der Waals surface area contributed by atoms with Crippen molar-refractivity contribution >= 4 is 23.2 Å². The number of hydrogen-bond acceptors (Lipinski definition) is 3. The lowest BCUT2D eigenvalue weighted by molar-refractivity contribution is -0.0392. The van der Waals surface area contributed by atoms with Crippen LogP contribution in [0.1, 0.15) is 24.9 Å². The van der Waals surface area contributed by atoms with E-state index in [1.54, 1.807) is 0 Å². The summed E-state index contributed by atoms with van der Waals surface area (Å²) in [6.07, 6.45) is 1.22. The van der Waals surface area contributed by atoms with Crippen molar-refractivity contribution < 1.29 is 4.74 Å². The molecule has 112 valence electrons. The fourth-order valence-electron chi connectivity index (χ4n) is 2.48. The van der Waals surface area contributed by atoms with Crippen LogP contribution in [0.3, 0.4) is 0 Å². The van der Waals surface area contributed by atoms with Gasteiger partial charge in [0.15, 0.2) is 0 Å². The number of likely N-dealkylation sites (N-methyl/N-ethyl adjacent to an activating group) is 1. The fraction of sp³-hybridized carbons (Fsp3) is 0.600. The Morgan fingerprint density at radius 1 is 1.40 bits per heavy atom. The molecular weight excluding hydrogens is 295 g/mol. The van der Waals surface area contributed by atoms with Gasteiger partial charge in [0.1, 0.15) is 0 Å². The van der Waals surface area contributed by atoms with Gasteiger partial charge in [-0.2, -0.15) is 0 Å². The second-order valence-electron chi connectivity index (χ2n) is 5.28. The van der Waals surface area contributed by atoms with Crippen LogP contribution >= 0.6 is 23.2 Å². The first-order chi connectivity index (χ1) is 9.61. The molecule has 0 amide bonds. The zero-order valence-corrected chi connectivity index (χ0v) is 13.5. The summed E-state index contributed by atoms with van der Waals surface area (Å²) in [4.78, 5) is 2.30. The average molecular weight is 317 g/mol. The van der Waals surface area contributed by atoms with Crippen LogP contribution in [-0.2, 0) is 4.74 Å². The molecule has 3 nitrogen and oxygen atoms in total. The number of halogens is 2. The molecule has 0 spiro atoms. The third-order valence-electron chi connectivity index (χ3n) is 3.59. The molecule has 1 saturated heterocycles. The van der Waals surface area contributed by atoms with E-state index in [2.05, 4.69) is 24.2 Å². The summed E-state index contributed by atoms with van der Waals surface area (Å²) < 4.78 is 5.95. The summed E-state index contributed by atoms with van der Waals surface area (Å²) in [6.45, 7) is 5.79. The molecule has 1 aliphatic heterocycles. The highest BCUT2D eigenvalue weighted by atomic mass is 35.5. The summed E-state index contributed by atoms with van der Waals surface area (Å²) in [6, 6.07) is 5.97. The van der Waals surface area contributed by atoms with Crippen LogP contribution in [0.5, 0.6) is 0 Å². The van der Waals surface area contributed by atoms with E-state index >= 15 is 0 Å². The van der Waals surface area contributed by atoms with E-state index in [9.17, 15) is 0 Å². The first-order valence-electron chi connectivity index (χ1n) is 7.10. The maximum absolute atomic E-state index is 6.15. The van der Waals surface area contributed by atoms with Gasteiger partial charge < -0.3 is 15.0 Å². The van der Waals surface area contributed by atoms with Gasteiger partial charge in [0.2, 0.25) is 0 Å². The Labute approximate surface area is 131 Å². The van der Waals surface area contributed by atoms with Gasteiger partial charge in [-0.05, 0) is 37.7 Å². The lowest BCUT2D eigenvalue weighted by atomic mass is 10.00. The second-order valence-corrected chi connectivity index (χ2v) is 6.09. The van der Waals surface area contributed by atoms with Gasteiger partial charge in [0.05, 0.1) is 28.8 Å². The summed E-state index contributed by atoms with van der Waals surface area (Å²) in [5.74, 6) is 0. The van der Waals surface area contributed by atoms with Crippen molar-refractivity contribution in [3.8, 4) is 0 Å². The molecule has 1 aromatic carbocycles. The van der Waals surface area contributed by atoms with Crippen molar-refractivity contribution in [3.63, 3.8) is 0 Å². The van der Waals surface area contributed by atoms with Crippen LogP contribution in [0.4, 0.5) is 0 Å². The predicted octanol–water partition coefficient (Wildman–Crippen LogP) is 3.36. The molecule has 0 radical (unpaired) electrons. The number of nitrogens with zero attached hydrogens (tertiary/aromatic N) is 1. The third-order valence-corrected chi connectivity index (χ3v) is 4.32. The highest BCUT2D eigenvalue weighted by molar-refractivity contribution is 6.42. The number of hydrogen-bond donors (Lipinski definition) is 1. The molecule has 0 saturated carbocycles. The van der Waals surface area contributed by atoms with E-state index in [1.165, 1.54) is 0 Å². The van der Waals surface area contributed by atoms with Crippen LogP contribution in [-0.4, -0.2) is 44.3 Å². The van der Waals surface area contributed by atoms with Crippen molar-refractivity contribution in [1.29, 1.82) is 0 Å². The minimum Gasteiger partial charge on any atom is -0.374 e. The van der Waals surface area contributed by atoms with Gasteiger partial charge in [-0.15, -0.1) is 0 Å². The summed E-state index contributed by atoms with van der Waals surface area (Å²) >= 11 is 12.2. The Morgan fingerprint density at radius 2 is 2.20 bits per heavy atom. The molecule has 1 N–H and O–H groups in total. The molecule has 2 atom stereocenters. The molecular formula is C15H22Cl2N2O. The maximum Gasteiger partial charge on any atom is 0.0896 e. The molecule has 0 aromatic heterocycles. The largest absolute Gasteiger partial charge is 0.374 e. The van der Waals surface area contributed by atoms with Crippen LogP contribution in [0, 0.1) is 0 Å². The molecule has 1 heterocycles. The number of nitrogens with one attached hydrogen (secondary N) is 1. The second kappa shape index (κ2) is 7.62. The monoisotopic (exact) mass is 316 g/mol. The van der Waals surface area contributed by atoms with Gasteiger partial charge in [0, 0.05) is 13.1 Å². The molecule has 5 heteroatoms. The summed E-state index contributed by atoms with van der Waals surface area (Å²) in [7, 11) is 2.13. The number of morpholine rings is 1. The quantitative estimate of drug-likeness (QED) is 0.901. The van der Waals surface area contributed by atoms with E-state index in [4.69, 9.17) is 27.9 Å². The van der Waals surface area contributed by atoms with E-state index < -0.39 is 0 Å². The van der Waals surface area contributed by atoms with Gasteiger partial charge >= 0.3 is 0 Å². The van der Waals surface area contributed by atoms with Crippen molar-refractivity contribution in [3.05, 3.63) is 33.8 Å². The minimum atomic E-state index is 0.137. The summed E-state index contributed by atoms with van der Waals surface area (Å²) in [5.41, 5.74) is 1.13. The Bertz CT molecular complexity index is 442. The van der Waals surface area contributed by atoms with E-state index in [1.807, 2.05) is 18.2 Å². The fourth-order valence-corrected chi connectivity index (χ4v) is 2.79. The van der Waals surface area contributed by atoms with Crippen LogP contribution in [0.25, 0.3) is 0 Å². The van der Waals surface area contributed by atoms with E-state index in [0.717, 1.165) is 38.2 Å². The third kappa shape index (κ3) is 4.09. The number of rotatable bonds is 5. The van der Waals surface area contributed by atoms with E-state index in [-0.39, 0.29) is 12.1 Å². The van der Waals surface area contributed by atoms with Crippen LogP contribution in [0.15, 0.2) is 18.2 Å². The molecule has 2 unspecified atom stereocenters. The topological polar surface area (TPSA) is 24.5 Å². The van der Waals surface area contributed by atoms with Crippen LogP contribution in [0.2, 0.25) is 10.0 Å². The molecule has 0 bridgehead atoms. The Balaban J connectivity index is 2.19. The zero-order chi connectivity index (χ0) is 14.5. The van der Waals surface area contributed by atoms with Gasteiger partial charge in [-0.3, -0.25) is 0 Å². The smallest absolute Gasteiger partial charge is 0.0896 e. The predicted molar refractivity (Wildman–Crippen MR) is 84.7 cm³/mol. The Kier molecular flexibility index (Phi) is 6.12. The molecule has 1 fully saturated rings. The van der Waals surface area contributed by atoms with Crippen molar-refractivity contribution in [2.75, 3.05) is 33.3 Å². The molecule has 0 aliphatic carbocycles. The molecule has 20 heavy (non-hydrogen) atoms. The van der Waals surface area contributed by atoms with Gasteiger partial charge in [-0.1, -0.05) is 36.2 Å². The first-order valence-corrected chi connectivity index (χ1v) is 7.86. The molecule has 1 aliphatic rings. The van der Waals surface area contributed by atoms with E-state index in [0.29, 0.717) is 10.0 Å². The van der Waals surface area contributed by atoms with Crippen molar-refractivity contribution in [1.82, 2.24) is 10.2 Å². The minimum absolute atomic E-state index is 0.137. The molecule has 2 rings (SSSR count). The lowest BCUT2D eigenvalue weighted by Crippen LogP contribution is -2.46. The average Bonchev–Trinajstić information content (AvgIpc) is 2.43. The number of benzene rings is 1. The number of ether oxygens (including phenoxy) is 1.